The van der Waals surface area contributed by atoms with Crippen LogP contribution in [-0.2, 0) is 35.6 Å². The summed E-state index contributed by atoms with van der Waals surface area (Å²) in [4.78, 5) is 70.5. The lowest BCUT2D eigenvalue weighted by Gasteiger charge is -2.32. The Kier molecular flexibility index (Phi) is 16.0. The van der Waals surface area contributed by atoms with Crippen molar-refractivity contribution in [3.63, 3.8) is 0 Å². The van der Waals surface area contributed by atoms with Gasteiger partial charge in [0, 0.05) is 43.2 Å². The van der Waals surface area contributed by atoms with Gasteiger partial charge in [-0.05, 0) is 80.8 Å². The Morgan fingerprint density at radius 1 is 0.897 bits per heavy atom. The van der Waals surface area contributed by atoms with Crippen molar-refractivity contribution < 1.29 is 41.9 Å². The van der Waals surface area contributed by atoms with Gasteiger partial charge in [-0.25, -0.2) is 8.42 Å². The van der Waals surface area contributed by atoms with Crippen LogP contribution in [0.25, 0.3) is 11.1 Å². The third-order valence-electron chi connectivity index (χ3n) is 9.30. The van der Waals surface area contributed by atoms with E-state index < -0.39 is 68.9 Å². The fourth-order valence-corrected chi connectivity index (χ4v) is 7.10. The van der Waals surface area contributed by atoms with Gasteiger partial charge in [0.05, 0.1) is 0 Å². The number of hydrogen-bond acceptors (Lipinski definition) is 12. The number of sulfonamides is 1. The van der Waals surface area contributed by atoms with Gasteiger partial charge in [0.15, 0.2) is 0 Å². The molecule has 4 bridgehead atoms. The first-order valence-electron chi connectivity index (χ1n) is 18.5. The van der Waals surface area contributed by atoms with E-state index in [2.05, 4.69) is 16.0 Å². The summed E-state index contributed by atoms with van der Waals surface area (Å²) in [6.45, 7) is 5.60. The van der Waals surface area contributed by atoms with E-state index in [1.165, 1.54) is 14.0 Å². The van der Waals surface area contributed by atoms with E-state index >= 15 is 0 Å². The molecular weight excluding hydrogens is 792 g/mol. The number of alkyl halides is 1. The van der Waals surface area contributed by atoms with Crippen LogP contribution in [0.3, 0.4) is 0 Å². The topological polar surface area (TPSA) is 267 Å². The highest BCUT2D eigenvalue weighted by molar-refractivity contribution is 7.91. The van der Waals surface area contributed by atoms with Crippen LogP contribution in [0.2, 0.25) is 0 Å². The number of rotatable bonds is 15. The van der Waals surface area contributed by atoms with E-state index in [9.17, 15) is 32.4 Å². The Morgan fingerprint density at radius 3 is 2.14 bits per heavy atom. The fraction of sp³-hybridized carbons (Fsp3) is 0.410. The lowest BCUT2D eigenvalue weighted by Crippen LogP contribution is -2.56. The molecule has 1 aliphatic heterocycles. The molecular formula is C39H51ClN8O9S. The zero-order chi connectivity index (χ0) is 42.7. The molecule has 4 rings (SSSR count). The van der Waals surface area contributed by atoms with Gasteiger partial charge in [-0.2, -0.15) is 0 Å². The fourth-order valence-electron chi connectivity index (χ4n) is 6.44. The Bertz CT molecular complexity index is 2120. The van der Waals surface area contributed by atoms with Crippen LogP contribution in [0.15, 0.2) is 54.6 Å². The van der Waals surface area contributed by atoms with Crippen molar-refractivity contribution >= 4 is 51.2 Å². The number of fused-ring (bicyclic) bond motifs is 5. The predicted molar refractivity (Wildman–Crippen MR) is 218 cm³/mol. The molecule has 5 amide bonds. The maximum Gasteiger partial charge on any atom is 0.256 e. The zero-order valence-electron chi connectivity index (χ0n) is 32.8. The molecule has 0 aromatic heterocycles. The molecule has 4 atom stereocenters. The van der Waals surface area contributed by atoms with Crippen LogP contribution >= 0.6 is 11.6 Å². The van der Waals surface area contributed by atoms with Crippen molar-refractivity contribution in [3.8, 4) is 22.6 Å². The summed E-state index contributed by atoms with van der Waals surface area (Å²) >= 11 is 5.55. The average Bonchev–Trinajstić information content (AvgIpc) is 3.18. The summed E-state index contributed by atoms with van der Waals surface area (Å²) in [5.74, 6) is -3.21. The SMILES string of the molecule is Cc1ccc(C(=O)N[C@@H](CCN)C(=O)N(C)[C@@H]2C(=O)N[C@@H](C)C(=O)N[C@H](C(=O)NS(=O)(=O)CCl)Cc3ccc(OCCN)c(c3)-c3cc2ccc3OCCN)c(C)c1. The highest BCUT2D eigenvalue weighted by atomic mass is 35.5. The van der Waals surface area contributed by atoms with E-state index in [-0.39, 0.29) is 45.7 Å². The number of amides is 5. The van der Waals surface area contributed by atoms with Gasteiger partial charge in [-0.15, -0.1) is 11.6 Å². The molecule has 10 N–H and O–H groups in total. The van der Waals surface area contributed by atoms with E-state index in [0.29, 0.717) is 44.9 Å². The normalized spacial score (nSPS) is 17.5. The number of nitrogens with two attached hydrogens (primary N) is 3. The molecule has 19 heteroatoms. The van der Waals surface area contributed by atoms with Crippen LogP contribution in [-0.4, -0.2) is 106 Å². The number of nitrogens with zero attached hydrogens (tertiary/aromatic N) is 1. The third kappa shape index (κ3) is 11.4. The monoisotopic (exact) mass is 842 g/mol. The Labute approximate surface area is 342 Å². The summed E-state index contributed by atoms with van der Waals surface area (Å²) in [6, 6.07) is 9.69. The van der Waals surface area contributed by atoms with Crippen LogP contribution < -0.4 is 47.3 Å². The minimum atomic E-state index is -4.26. The molecule has 1 heterocycles. The molecule has 58 heavy (non-hydrogen) atoms. The number of aryl methyl sites for hydroxylation is 2. The molecule has 3 aromatic carbocycles. The number of benzene rings is 3. The van der Waals surface area contributed by atoms with Crippen molar-refractivity contribution in [1.82, 2.24) is 25.6 Å². The van der Waals surface area contributed by atoms with Gasteiger partial charge in [0.1, 0.15) is 54.1 Å². The maximum absolute atomic E-state index is 14.4. The van der Waals surface area contributed by atoms with Crippen molar-refractivity contribution in [2.75, 3.05) is 45.1 Å². The molecule has 3 aromatic rings. The second-order valence-corrected chi connectivity index (χ2v) is 16.1. The smallest absolute Gasteiger partial charge is 0.256 e. The lowest BCUT2D eigenvalue weighted by atomic mass is 9.93. The van der Waals surface area contributed by atoms with E-state index in [1.54, 1.807) is 55.5 Å². The zero-order valence-corrected chi connectivity index (χ0v) is 34.4. The quantitative estimate of drug-likeness (QED) is 0.103. The molecule has 0 saturated carbocycles. The number of carbonyl (C=O) groups is 5. The van der Waals surface area contributed by atoms with Crippen molar-refractivity contribution in [1.29, 1.82) is 0 Å². The van der Waals surface area contributed by atoms with Gasteiger partial charge in [0.2, 0.25) is 27.7 Å². The summed E-state index contributed by atoms with van der Waals surface area (Å²) in [5, 5.41) is 7.03. The number of nitrogens with one attached hydrogen (secondary N) is 4. The summed E-state index contributed by atoms with van der Waals surface area (Å²) in [5.41, 5.74) is 21.1. The van der Waals surface area contributed by atoms with E-state index in [1.807, 2.05) is 17.7 Å². The van der Waals surface area contributed by atoms with Crippen molar-refractivity contribution in [2.45, 2.75) is 57.8 Å². The number of likely N-dealkylation sites (N-methyl/N-ethyl adjacent to an activating group) is 1. The number of ether oxygens (including phenoxy) is 2. The first kappa shape index (κ1) is 45.4. The van der Waals surface area contributed by atoms with Gasteiger partial charge in [0.25, 0.3) is 11.8 Å². The minimum absolute atomic E-state index is 0.0195. The second kappa shape index (κ2) is 20.4. The lowest BCUT2D eigenvalue weighted by molar-refractivity contribution is -0.141. The Hall–Kier alpha value is -5.27. The predicted octanol–water partition coefficient (Wildman–Crippen LogP) is 0.480. The molecule has 0 fully saturated rings. The summed E-state index contributed by atoms with van der Waals surface area (Å²) < 4.78 is 38.5. The maximum atomic E-state index is 14.4. The molecule has 1 aliphatic rings. The first-order valence-corrected chi connectivity index (χ1v) is 20.7. The Balaban J connectivity index is 1.90. The molecule has 0 aliphatic carbocycles. The van der Waals surface area contributed by atoms with Gasteiger partial charge in [-0.3, -0.25) is 28.7 Å². The molecule has 0 saturated heterocycles. The minimum Gasteiger partial charge on any atom is -0.492 e. The van der Waals surface area contributed by atoms with Crippen LogP contribution in [0.1, 0.15) is 52.0 Å². The van der Waals surface area contributed by atoms with Crippen molar-refractivity contribution in [3.05, 3.63) is 82.4 Å². The molecule has 0 spiro atoms. The first-order chi connectivity index (χ1) is 27.5. The largest absolute Gasteiger partial charge is 0.492 e. The van der Waals surface area contributed by atoms with Crippen LogP contribution in [0.5, 0.6) is 11.5 Å². The van der Waals surface area contributed by atoms with Crippen LogP contribution in [0, 0.1) is 13.8 Å². The molecule has 0 radical (unpaired) electrons. The number of carbonyl (C=O) groups excluding carboxylic acids is 5. The number of hydrogen-bond donors (Lipinski definition) is 7. The Morgan fingerprint density at radius 2 is 1.53 bits per heavy atom. The van der Waals surface area contributed by atoms with Gasteiger partial charge in [-0.1, -0.05) is 29.8 Å². The summed E-state index contributed by atoms with van der Waals surface area (Å²) in [6.07, 6.45) is -0.170. The average molecular weight is 843 g/mol. The number of halogens is 1. The van der Waals surface area contributed by atoms with Crippen molar-refractivity contribution in [2.24, 2.45) is 17.2 Å². The standard InChI is InChI=1S/C39H51ClN8O9S/c1-22-5-8-27(23(2)17-22)36(50)45-30(11-12-41)39(53)48(4)34-26-7-10-33(57-16-14-43)29(20-26)28-18-25(6-9-32(28)56-15-13-42)19-31(37(51)47-58(54,55)21-40)46-35(49)24(3)44-38(34)52/h5-10,17-18,20,24,30-31,34H,11-16,19,21,41-43H2,1-4H3,(H,44,52)(H,45,50)(H,46,49)(H,47,51)/t24-,30-,31-,34-/m0/s1. The highest BCUT2D eigenvalue weighted by Gasteiger charge is 2.36. The van der Waals surface area contributed by atoms with E-state index in [4.69, 9.17) is 38.3 Å². The molecule has 314 valence electrons. The van der Waals surface area contributed by atoms with E-state index in [0.717, 1.165) is 10.5 Å². The van der Waals surface area contributed by atoms with Gasteiger partial charge >= 0.3 is 0 Å². The van der Waals surface area contributed by atoms with Crippen LogP contribution in [0.4, 0.5) is 0 Å². The third-order valence-corrected chi connectivity index (χ3v) is 11.0. The molecule has 0 unspecified atom stereocenters. The van der Waals surface area contributed by atoms with Gasteiger partial charge < -0.3 is 47.5 Å². The molecule has 17 nitrogen and oxygen atoms in total. The second-order valence-electron chi connectivity index (χ2n) is 13.8. The summed E-state index contributed by atoms with van der Waals surface area (Å²) in [7, 11) is -2.87. The highest BCUT2D eigenvalue weighted by Crippen LogP contribution is 2.40.